The highest BCUT2D eigenvalue weighted by Crippen LogP contribution is 2.42. The predicted molar refractivity (Wildman–Crippen MR) is 73.4 cm³/mol. The van der Waals surface area contributed by atoms with Crippen LogP contribution in [0.25, 0.3) is 0 Å². The Kier molecular flexibility index (Phi) is 6.44. The summed E-state index contributed by atoms with van der Waals surface area (Å²) in [6, 6.07) is 1.20. The number of amides is 1. The molecule has 0 atom stereocenters. The van der Waals surface area contributed by atoms with Crippen molar-refractivity contribution in [2.45, 2.75) is 13.5 Å². The average Bonchev–Trinajstić information content (AvgIpc) is 2.42. The molecular formula is C12H13Cl2F2NO4. The summed E-state index contributed by atoms with van der Waals surface area (Å²) in [5, 5.41) is 0.533. The van der Waals surface area contributed by atoms with Gasteiger partial charge in [0.2, 0.25) is 0 Å². The van der Waals surface area contributed by atoms with E-state index in [1.807, 2.05) is 0 Å². The lowest BCUT2D eigenvalue weighted by Gasteiger charge is -2.20. The van der Waals surface area contributed by atoms with Crippen molar-refractivity contribution >= 4 is 29.1 Å². The Morgan fingerprint density at radius 3 is 2.52 bits per heavy atom. The SMILES string of the molecule is CCOc1cc(Cl)c(Cl)c(C(=O)N(C)OC)c1OC(F)F. The number of carbonyl (C=O) groups is 1. The summed E-state index contributed by atoms with van der Waals surface area (Å²) in [6.07, 6.45) is 0. The third-order valence-electron chi connectivity index (χ3n) is 2.42. The van der Waals surface area contributed by atoms with Crippen LogP contribution in [0.2, 0.25) is 10.0 Å². The van der Waals surface area contributed by atoms with Crippen molar-refractivity contribution in [2.24, 2.45) is 0 Å². The molecule has 1 aromatic rings. The third-order valence-corrected chi connectivity index (χ3v) is 3.21. The fourth-order valence-electron chi connectivity index (χ4n) is 1.49. The summed E-state index contributed by atoms with van der Waals surface area (Å²) < 4.78 is 34.7. The van der Waals surface area contributed by atoms with Crippen molar-refractivity contribution in [3.8, 4) is 11.5 Å². The number of ether oxygens (including phenoxy) is 2. The van der Waals surface area contributed by atoms with E-state index in [1.165, 1.54) is 20.2 Å². The third kappa shape index (κ3) is 4.09. The van der Waals surface area contributed by atoms with E-state index in [2.05, 4.69) is 4.74 Å². The van der Waals surface area contributed by atoms with Crippen LogP contribution in [0.4, 0.5) is 8.78 Å². The average molecular weight is 344 g/mol. The molecule has 9 heteroatoms. The highest BCUT2D eigenvalue weighted by atomic mass is 35.5. The molecule has 0 aliphatic rings. The number of hydrogen-bond acceptors (Lipinski definition) is 4. The van der Waals surface area contributed by atoms with Gasteiger partial charge in [-0.2, -0.15) is 8.78 Å². The first-order valence-corrected chi connectivity index (χ1v) is 6.50. The van der Waals surface area contributed by atoms with E-state index in [0.29, 0.717) is 0 Å². The zero-order chi connectivity index (χ0) is 16.2. The van der Waals surface area contributed by atoms with Crippen LogP contribution in [-0.2, 0) is 4.84 Å². The van der Waals surface area contributed by atoms with E-state index < -0.39 is 18.3 Å². The van der Waals surface area contributed by atoms with Crippen LogP contribution >= 0.6 is 23.2 Å². The maximum Gasteiger partial charge on any atom is 0.387 e. The predicted octanol–water partition coefficient (Wildman–Crippen LogP) is 3.63. The standard InChI is InChI=1S/C12H13Cl2F2NO4/c1-4-20-7-5-6(13)9(14)8(10(7)21-12(15)16)11(18)17(2)19-3/h5,12H,4H2,1-3H3. The van der Waals surface area contributed by atoms with Crippen LogP contribution < -0.4 is 9.47 Å². The van der Waals surface area contributed by atoms with Crippen LogP contribution in [0.15, 0.2) is 6.07 Å². The smallest absolute Gasteiger partial charge is 0.387 e. The minimum absolute atomic E-state index is 0.0328. The van der Waals surface area contributed by atoms with Gasteiger partial charge in [-0.05, 0) is 6.92 Å². The molecular weight excluding hydrogens is 331 g/mol. The van der Waals surface area contributed by atoms with Gasteiger partial charge in [0.1, 0.15) is 5.56 Å². The molecule has 0 N–H and O–H groups in total. The van der Waals surface area contributed by atoms with Gasteiger partial charge in [0.05, 0.1) is 23.8 Å². The summed E-state index contributed by atoms with van der Waals surface area (Å²) in [5.41, 5.74) is -0.364. The van der Waals surface area contributed by atoms with Gasteiger partial charge in [0.15, 0.2) is 11.5 Å². The van der Waals surface area contributed by atoms with Crippen LogP contribution in [0, 0.1) is 0 Å². The molecule has 0 saturated carbocycles. The molecule has 0 unspecified atom stereocenters. The van der Waals surface area contributed by atoms with Gasteiger partial charge in [0.25, 0.3) is 5.91 Å². The fourth-order valence-corrected chi connectivity index (χ4v) is 1.90. The number of nitrogens with zero attached hydrogens (tertiary/aromatic N) is 1. The zero-order valence-corrected chi connectivity index (χ0v) is 13.0. The molecule has 0 aliphatic heterocycles. The van der Waals surface area contributed by atoms with Crippen LogP contribution in [-0.4, -0.2) is 38.3 Å². The van der Waals surface area contributed by atoms with E-state index >= 15 is 0 Å². The summed E-state index contributed by atoms with van der Waals surface area (Å²) in [7, 11) is 2.51. The highest BCUT2D eigenvalue weighted by molar-refractivity contribution is 6.44. The van der Waals surface area contributed by atoms with Crippen molar-refractivity contribution in [1.82, 2.24) is 5.06 Å². The second-order valence-electron chi connectivity index (χ2n) is 3.67. The number of benzene rings is 1. The van der Waals surface area contributed by atoms with E-state index in [4.69, 9.17) is 32.8 Å². The van der Waals surface area contributed by atoms with Gasteiger partial charge >= 0.3 is 6.61 Å². The van der Waals surface area contributed by atoms with Gasteiger partial charge in [0, 0.05) is 13.1 Å². The molecule has 0 aromatic heterocycles. The first-order chi connectivity index (χ1) is 9.83. The van der Waals surface area contributed by atoms with E-state index in [0.717, 1.165) is 5.06 Å². The molecule has 0 saturated heterocycles. The lowest BCUT2D eigenvalue weighted by molar-refractivity contribution is -0.0772. The summed E-state index contributed by atoms with van der Waals surface area (Å²) in [6.45, 7) is -1.37. The van der Waals surface area contributed by atoms with Gasteiger partial charge in [-0.25, -0.2) is 5.06 Å². The Bertz CT molecular complexity index is 528. The summed E-state index contributed by atoms with van der Waals surface area (Å²) in [5.74, 6) is -1.41. The Labute approximate surface area is 130 Å². The lowest BCUT2D eigenvalue weighted by Crippen LogP contribution is -2.27. The maximum atomic E-state index is 12.6. The Morgan fingerprint density at radius 1 is 1.43 bits per heavy atom. The second kappa shape index (κ2) is 7.63. The first kappa shape index (κ1) is 17.7. The quantitative estimate of drug-likeness (QED) is 0.740. The Balaban J connectivity index is 3.51. The van der Waals surface area contributed by atoms with Crippen LogP contribution in [0.1, 0.15) is 17.3 Å². The van der Waals surface area contributed by atoms with Crippen molar-refractivity contribution in [3.63, 3.8) is 0 Å². The number of rotatable bonds is 6. The van der Waals surface area contributed by atoms with Crippen molar-refractivity contribution in [1.29, 1.82) is 0 Å². The number of carbonyl (C=O) groups excluding carboxylic acids is 1. The first-order valence-electron chi connectivity index (χ1n) is 5.75. The molecule has 0 bridgehead atoms. The molecule has 1 amide bonds. The molecule has 0 spiro atoms. The van der Waals surface area contributed by atoms with E-state index in [-0.39, 0.29) is 28.0 Å². The summed E-state index contributed by atoms with van der Waals surface area (Å²) >= 11 is 11.8. The summed E-state index contributed by atoms with van der Waals surface area (Å²) in [4.78, 5) is 16.9. The zero-order valence-electron chi connectivity index (χ0n) is 11.5. The minimum atomic E-state index is -3.17. The Morgan fingerprint density at radius 2 is 2.05 bits per heavy atom. The monoisotopic (exact) mass is 343 g/mol. The van der Waals surface area contributed by atoms with E-state index in [9.17, 15) is 13.6 Å². The van der Waals surface area contributed by atoms with Gasteiger partial charge < -0.3 is 9.47 Å². The minimum Gasteiger partial charge on any atom is -0.490 e. The fraction of sp³-hybridized carbons (Fsp3) is 0.417. The molecule has 118 valence electrons. The van der Waals surface area contributed by atoms with Gasteiger partial charge in [-0.1, -0.05) is 23.2 Å². The molecule has 5 nitrogen and oxygen atoms in total. The topological polar surface area (TPSA) is 48.0 Å². The molecule has 1 rings (SSSR count). The molecule has 0 heterocycles. The van der Waals surface area contributed by atoms with Crippen LogP contribution in [0.5, 0.6) is 11.5 Å². The van der Waals surface area contributed by atoms with Crippen LogP contribution in [0.3, 0.4) is 0 Å². The largest absolute Gasteiger partial charge is 0.490 e. The van der Waals surface area contributed by atoms with Crippen molar-refractivity contribution in [2.75, 3.05) is 20.8 Å². The number of alkyl halides is 2. The number of hydrogen-bond donors (Lipinski definition) is 0. The number of halogens is 4. The van der Waals surface area contributed by atoms with Crippen molar-refractivity contribution < 1.29 is 27.9 Å². The molecule has 0 radical (unpaired) electrons. The lowest BCUT2D eigenvalue weighted by atomic mass is 10.1. The maximum absolute atomic E-state index is 12.6. The van der Waals surface area contributed by atoms with Gasteiger partial charge in [-0.15, -0.1) is 0 Å². The van der Waals surface area contributed by atoms with Crippen molar-refractivity contribution in [3.05, 3.63) is 21.7 Å². The Hall–Kier alpha value is -1.31. The highest BCUT2D eigenvalue weighted by Gasteiger charge is 2.28. The number of hydroxylamine groups is 2. The van der Waals surface area contributed by atoms with E-state index in [1.54, 1.807) is 6.92 Å². The normalized spacial score (nSPS) is 10.7. The molecule has 21 heavy (non-hydrogen) atoms. The second-order valence-corrected chi connectivity index (χ2v) is 4.46. The molecule has 0 aliphatic carbocycles. The molecule has 0 fully saturated rings. The van der Waals surface area contributed by atoms with Gasteiger partial charge in [-0.3, -0.25) is 9.63 Å². The molecule has 1 aromatic carbocycles.